The molecule has 2 heterocycles. The van der Waals surface area contributed by atoms with E-state index >= 15 is 0 Å². The van der Waals surface area contributed by atoms with Crippen molar-refractivity contribution in [1.82, 2.24) is 9.78 Å². The van der Waals surface area contributed by atoms with E-state index in [0.717, 1.165) is 29.9 Å². The predicted molar refractivity (Wildman–Crippen MR) is 101 cm³/mol. The number of nitrogens with one attached hydrogen (secondary N) is 1. The second-order valence-corrected chi connectivity index (χ2v) is 6.70. The molecule has 1 N–H and O–H groups in total. The molecular formula is C20H18ClN3O2. The van der Waals surface area contributed by atoms with E-state index in [1.807, 2.05) is 42.5 Å². The van der Waals surface area contributed by atoms with Gasteiger partial charge in [-0.3, -0.25) is 4.79 Å². The molecule has 1 aliphatic rings. The molecule has 0 radical (unpaired) electrons. The number of hydrogen-bond donors (Lipinski definition) is 1. The summed E-state index contributed by atoms with van der Waals surface area (Å²) in [4.78, 5) is 12.4. The minimum atomic E-state index is -0.0679. The Hall–Kier alpha value is -2.79. The first-order valence-corrected chi connectivity index (χ1v) is 8.86. The number of halogens is 1. The van der Waals surface area contributed by atoms with E-state index in [1.165, 1.54) is 5.56 Å². The molecule has 5 nitrogen and oxygen atoms in total. The van der Waals surface area contributed by atoms with Crippen molar-refractivity contribution in [2.24, 2.45) is 0 Å². The number of rotatable bonds is 5. The van der Waals surface area contributed by atoms with Crippen LogP contribution in [-0.4, -0.2) is 22.3 Å². The molecule has 1 aromatic heterocycles. The van der Waals surface area contributed by atoms with Gasteiger partial charge in [-0.2, -0.15) is 5.10 Å². The van der Waals surface area contributed by atoms with Gasteiger partial charge in [0.15, 0.2) is 0 Å². The van der Waals surface area contributed by atoms with Gasteiger partial charge in [-0.05, 0) is 34.9 Å². The number of carbonyl (C=O) groups is 1. The van der Waals surface area contributed by atoms with Crippen molar-refractivity contribution >= 4 is 23.3 Å². The minimum Gasteiger partial charge on any atom is -0.493 e. The molecule has 0 saturated heterocycles. The van der Waals surface area contributed by atoms with Crippen LogP contribution in [0, 0.1) is 0 Å². The fourth-order valence-corrected chi connectivity index (χ4v) is 3.18. The van der Waals surface area contributed by atoms with Crippen LogP contribution < -0.4 is 10.1 Å². The molecule has 0 saturated carbocycles. The van der Waals surface area contributed by atoms with Crippen LogP contribution >= 0.6 is 11.6 Å². The molecule has 4 rings (SSSR count). The lowest BCUT2D eigenvalue weighted by Crippen LogP contribution is -2.18. The van der Waals surface area contributed by atoms with Gasteiger partial charge in [0.25, 0.3) is 0 Å². The van der Waals surface area contributed by atoms with Gasteiger partial charge in [0.2, 0.25) is 5.91 Å². The number of benzene rings is 2. The largest absolute Gasteiger partial charge is 0.493 e. The summed E-state index contributed by atoms with van der Waals surface area (Å²) in [5.74, 6) is 1.53. The molecule has 132 valence electrons. The van der Waals surface area contributed by atoms with E-state index in [1.54, 1.807) is 16.9 Å². The number of carbonyl (C=O) groups excluding carboxylic acids is 1. The van der Waals surface area contributed by atoms with Gasteiger partial charge in [-0.1, -0.05) is 35.9 Å². The molecular weight excluding hydrogens is 350 g/mol. The normalized spacial score (nSPS) is 12.5. The van der Waals surface area contributed by atoms with Crippen molar-refractivity contribution in [2.45, 2.75) is 19.4 Å². The van der Waals surface area contributed by atoms with E-state index in [9.17, 15) is 4.79 Å². The molecule has 0 fully saturated rings. The van der Waals surface area contributed by atoms with E-state index in [2.05, 4.69) is 10.4 Å². The first-order valence-electron chi connectivity index (χ1n) is 8.48. The lowest BCUT2D eigenvalue weighted by atomic mass is 10.1. The molecule has 6 heteroatoms. The predicted octanol–water partition coefficient (Wildman–Crippen LogP) is 3.70. The van der Waals surface area contributed by atoms with Crippen molar-refractivity contribution in [2.75, 3.05) is 11.9 Å². The standard InChI is InChI=1S/C20H18ClN3O2/c21-17-4-1-14(2-5-17)13-24-19(7-9-22-24)23-20(25)12-15-3-6-18-16(11-15)8-10-26-18/h1-7,9,11H,8,10,12-13H2,(H,23,25). The summed E-state index contributed by atoms with van der Waals surface area (Å²) in [5.41, 5.74) is 3.21. The highest BCUT2D eigenvalue weighted by atomic mass is 35.5. The van der Waals surface area contributed by atoms with Crippen LogP contribution in [0.4, 0.5) is 5.82 Å². The summed E-state index contributed by atoms with van der Waals surface area (Å²) in [6.45, 7) is 1.28. The van der Waals surface area contributed by atoms with Crippen molar-refractivity contribution in [3.63, 3.8) is 0 Å². The van der Waals surface area contributed by atoms with Crippen molar-refractivity contribution < 1.29 is 9.53 Å². The average molecular weight is 368 g/mol. The van der Waals surface area contributed by atoms with Crippen molar-refractivity contribution in [1.29, 1.82) is 0 Å². The topological polar surface area (TPSA) is 56.1 Å². The Morgan fingerprint density at radius 3 is 2.81 bits per heavy atom. The Balaban J connectivity index is 1.42. The summed E-state index contributed by atoms with van der Waals surface area (Å²) in [6, 6.07) is 15.3. The van der Waals surface area contributed by atoms with Crippen LogP contribution in [0.15, 0.2) is 54.7 Å². The number of anilines is 1. The van der Waals surface area contributed by atoms with Crippen molar-refractivity contribution in [3.05, 3.63) is 76.4 Å². The highest BCUT2D eigenvalue weighted by molar-refractivity contribution is 6.30. The quantitative estimate of drug-likeness (QED) is 0.748. The SMILES string of the molecule is O=C(Cc1ccc2c(c1)CCO2)Nc1ccnn1Cc1ccc(Cl)cc1. The molecule has 0 bridgehead atoms. The van der Waals surface area contributed by atoms with Crippen LogP contribution in [0.1, 0.15) is 16.7 Å². The molecule has 0 unspecified atom stereocenters. The second kappa shape index (κ2) is 7.22. The maximum atomic E-state index is 12.4. The first-order chi connectivity index (χ1) is 12.7. The van der Waals surface area contributed by atoms with Gasteiger partial charge in [-0.15, -0.1) is 0 Å². The molecule has 1 aliphatic heterocycles. The smallest absolute Gasteiger partial charge is 0.229 e. The van der Waals surface area contributed by atoms with Gasteiger partial charge in [0, 0.05) is 17.5 Å². The summed E-state index contributed by atoms with van der Waals surface area (Å²) < 4.78 is 7.26. The van der Waals surface area contributed by atoms with Crippen molar-refractivity contribution in [3.8, 4) is 5.75 Å². The zero-order chi connectivity index (χ0) is 17.9. The Kier molecular flexibility index (Phi) is 4.63. The van der Waals surface area contributed by atoms with E-state index in [4.69, 9.17) is 16.3 Å². The highest BCUT2D eigenvalue weighted by Gasteiger charge is 2.14. The average Bonchev–Trinajstić information content (AvgIpc) is 3.26. The monoisotopic (exact) mass is 367 g/mol. The Bertz CT molecular complexity index is 934. The Morgan fingerprint density at radius 1 is 1.15 bits per heavy atom. The number of amides is 1. The molecule has 0 spiro atoms. The van der Waals surface area contributed by atoms with Crippen LogP contribution in [0.25, 0.3) is 0 Å². The fourth-order valence-electron chi connectivity index (χ4n) is 3.05. The highest BCUT2D eigenvalue weighted by Crippen LogP contribution is 2.26. The summed E-state index contributed by atoms with van der Waals surface area (Å²) in [6.07, 6.45) is 2.90. The number of ether oxygens (including phenoxy) is 1. The van der Waals surface area contributed by atoms with Gasteiger partial charge in [0.05, 0.1) is 25.8 Å². The minimum absolute atomic E-state index is 0.0679. The van der Waals surface area contributed by atoms with Gasteiger partial charge < -0.3 is 10.1 Å². The van der Waals surface area contributed by atoms with E-state index in [-0.39, 0.29) is 5.91 Å². The Morgan fingerprint density at radius 2 is 1.96 bits per heavy atom. The maximum Gasteiger partial charge on any atom is 0.229 e. The molecule has 26 heavy (non-hydrogen) atoms. The van der Waals surface area contributed by atoms with Crippen LogP contribution in [0.2, 0.25) is 5.02 Å². The molecule has 0 atom stereocenters. The van der Waals surface area contributed by atoms with E-state index in [0.29, 0.717) is 23.8 Å². The molecule has 2 aromatic carbocycles. The number of fused-ring (bicyclic) bond motifs is 1. The summed E-state index contributed by atoms with van der Waals surface area (Å²) >= 11 is 5.92. The van der Waals surface area contributed by atoms with Gasteiger partial charge >= 0.3 is 0 Å². The molecule has 1 amide bonds. The third-order valence-corrected chi connectivity index (χ3v) is 4.60. The number of aromatic nitrogens is 2. The van der Waals surface area contributed by atoms with E-state index < -0.39 is 0 Å². The zero-order valence-electron chi connectivity index (χ0n) is 14.1. The number of hydrogen-bond acceptors (Lipinski definition) is 3. The lowest BCUT2D eigenvalue weighted by molar-refractivity contribution is -0.115. The van der Waals surface area contributed by atoms with Crippen LogP contribution in [-0.2, 0) is 24.2 Å². The molecule has 0 aliphatic carbocycles. The summed E-state index contributed by atoms with van der Waals surface area (Å²) in [5, 5.41) is 7.93. The third-order valence-electron chi connectivity index (χ3n) is 4.35. The van der Waals surface area contributed by atoms with Crippen LogP contribution in [0.5, 0.6) is 5.75 Å². The van der Waals surface area contributed by atoms with Crippen LogP contribution in [0.3, 0.4) is 0 Å². The van der Waals surface area contributed by atoms with Gasteiger partial charge in [0.1, 0.15) is 11.6 Å². The third kappa shape index (κ3) is 3.73. The number of nitrogens with zero attached hydrogens (tertiary/aromatic N) is 2. The zero-order valence-corrected chi connectivity index (χ0v) is 14.9. The molecule has 3 aromatic rings. The lowest BCUT2D eigenvalue weighted by Gasteiger charge is -2.10. The maximum absolute atomic E-state index is 12.4. The summed E-state index contributed by atoms with van der Waals surface area (Å²) in [7, 11) is 0. The Labute approximate surface area is 156 Å². The second-order valence-electron chi connectivity index (χ2n) is 6.27. The fraction of sp³-hybridized carbons (Fsp3) is 0.200. The van der Waals surface area contributed by atoms with Gasteiger partial charge in [-0.25, -0.2) is 4.68 Å². The first kappa shape index (κ1) is 16.7.